The van der Waals surface area contributed by atoms with Gasteiger partial charge in [-0.3, -0.25) is 9.69 Å². The van der Waals surface area contributed by atoms with Gasteiger partial charge in [-0.15, -0.1) is 0 Å². The molecule has 0 bridgehead atoms. The van der Waals surface area contributed by atoms with Gasteiger partial charge in [-0.05, 0) is 50.9 Å². The minimum atomic E-state index is 0.0342. The van der Waals surface area contributed by atoms with Gasteiger partial charge in [0.25, 0.3) is 0 Å². The fraction of sp³-hybridized carbons (Fsp3) is 0.562. The molecule has 0 saturated carbocycles. The van der Waals surface area contributed by atoms with Crippen molar-refractivity contribution in [2.24, 2.45) is 0 Å². The van der Waals surface area contributed by atoms with Gasteiger partial charge in [0.2, 0.25) is 0 Å². The zero-order valence-corrected chi connectivity index (χ0v) is 12.1. The molecule has 0 spiro atoms. The zero-order chi connectivity index (χ0) is 14.1. The predicted octanol–water partition coefficient (Wildman–Crippen LogP) is 2.15. The molecule has 0 amide bonds. The van der Waals surface area contributed by atoms with Gasteiger partial charge in [0.15, 0.2) is 5.78 Å². The van der Waals surface area contributed by atoms with Crippen LogP contribution in [0.5, 0.6) is 0 Å². The SMILES string of the molecule is CC(=O)c1ccc(N2CCCN3CCCC3C2)cc1N. The first-order valence-corrected chi connectivity index (χ1v) is 7.54. The summed E-state index contributed by atoms with van der Waals surface area (Å²) in [7, 11) is 0. The lowest BCUT2D eigenvalue weighted by Gasteiger charge is -2.27. The highest BCUT2D eigenvalue weighted by Crippen LogP contribution is 2.27. The molecule has 2 fully saturated rings. The number of rotatable bonds is 2. The maximum absolute atomic E-state index is 11.5. The van der Waals surface area contributed by atoms with E-state index in [2.05, 4.69) is 9.80 Å². The van der Waals surface area contributed by atoms with E-state index in [1.54, 1.807) is 6.92 Å². The molecule has 2 aliphatic rings. The van der Waals surface area contributed by atoms with E-state index in [0.717, 1.165) is 18.8 Å². The van der Waals surface area contributed by atoms with E-state index >= 15 is 0 Å². The van der Waals surface area contributed by atoms with E-state index in [9.17, 15) is 4.79 Å². The number of nitrogens with zero attached hydrogens (tertiary/aromatic N) is 2. The summed E-state index contributed by atoms with van der Waals surface area (Å²) >= 11 is 0. The van der Waals surface area contributed by atoms with Gasteiger partial charge in [0.05, 0.1) is 0 Å². The summed E-state index contributed by atoms with van der Waals surface area (Å²) in [5.41, 5.74) is 8.40. The standard InChI is InChI=1S/C16H23N3O/c1-12(20)15-6-5-13(10-16(15)17)19-9-3-8-18-7-2-4-14(18)11-19/h5-6,10,14H,2-4,7-9,11,17H2,1H3. The Morgan fingerprint density at radius 1 is 1.25 bits per heavy atom. The fourth-order valence-electron chi connectivity index (χ4n) is 3.51. The molecule has 0 radical (unpaired) electrons. The van der Waals surface area contributed by atoms with Crippen molar-refractivity contribution in [3.05, 3.63) is 23.8 Å². The van der Waals surface area contributed by atoms with Gasteiger partial charge in [0, 0.05) is 42.6 Å². The number of hydrogen-bond donors (Lipinski definition) is 1. The molecular weight excluding hydrogens is 250 g/mol. The van der Waals surface area contributed by atoms with Gasteiger partial charge < -0.3 is 10.6 Å². The smallest absolute Gasteiger partial charge is 0.161 e. The molecule has 1 aromatic carbocycles. The maximum atomic E-state index is 11.5. The Kier molecular flexibility index (Phi) is 3.66. The first-order valence-electron chi connectivity index (χ1n) is 7.54. The van der Waals surface area contributed by atoms with Crippen LogP contribution in [0, 0.1) is 0 Å². The van der Waals surface area contributed by atoms with Gasteiger partial charge in [-0.25, -0.2) is 0 Å². The quantitative estimate of drug-likeness (QED) is 0.662. The van der Waals surface area contributed by atoms with Crippen molar-refractivity contribution in [2.45, 2.75) is 32.2 Å². The fourth-order valence-corrected chi connectivity index (χ4v) is 3.51. The van der Waals surface area contributed by atoms with Crippen LogP contribution in [-0.4, -0.2) is 42.9 Å². The molecule has 2 N–H and O–H groups in total. The lowest BCUT2D eigenvalue weighted by molar-refractivity contribution is 0.101. The van der Waals surface area contributed by atoms with Crippen molar-refractivity contribution in [1.82, 2.24) is 4.90 Å². The van der Waals surface area contributed by atoms with Gasteiger partial charge >= 0.3 is 0 Å². The second kappa shape index (κ2) is 5.44. The summed E-state index contributed by atoms with van der Waals surface area (Å²) in [5, 5.41) is 0. The van der Waals surface area contributed by atoms with Crippen LogP contribution >= 0.6 is 0 Å². The molecule has 2 aliphatic heterocycles. The molecule has 2 heterocycles. The minimum Gasteiger partial charge on any atom is -0.398 e. The number of hydrogen-bond acceptors (Lipinski definition) is 4. The molecule has 2 saturated heterocycles. The Hall–Kier alpha value is -1.55. The lowest BCUT2D eigenvalue weighted by Crippen LogP contribution is -2.36. The average Bonchev–Trinajstić information content (AvgIpc) is 2.75. The molecule has 1 unspecified atom stereocenters. The molecule has 0 aliphatic carbocycles. The molecule has 4 heteroatoms. The highest BCUT2D eigenvalue weighted by molar-refractivity contribution is 5.99. The highest BCUT2D eigenvalue weighted by atomic mass is 16.1. The highest BCUT2D eigenvalue weighted by Gasteiger charge is 2.28. The molecule has 1 aromatic rings. The summed E-state index contributed by atoms with van der Waals surface area (Å²) in [6.45, 7) is 6.19. The van der Waals surface area contributed by atoms with E-state index in [-0.39, 0.29) is 5.78 Å². The van der Waals surface area contributed by atoms with Crippen LogP contribution < -0.4 is 10.6 Å². The largest absolute Gasteiger partial charge is 0.398 e. The topological polar surface area (TPSA) is 49.6 Å². The second-order valence-corrected chi connectivity index (χ2v) is 5.96. The monoisotopic (exact) mass is 273 g/mol. The number of nitrogen functional groups attached to an aromatic ring is 1. The van der Waals surface area contributed by atoms with E-state index < -0.39 is 0 Å². The third-order valence-electron chi connectivity index (χ3n) is 4.58. The van der Waals surface area contributed by atoms with Crippen LogP contribution in [0.1, 0.15) is 36.5 Å². The van der Waals surface area contributed by atoms with Gasteiger partial charge in [0.1, 0.15) is 0 Å². The van der Waals surface area contributed by atoms with E-state index in [1.165, 1.54) is 32.4 Å². The van der Waals surface area contributed by atoms with Gasteiger partial charge in [-0.2, -0.15) is 0 Å². The molecule has 0 aromatic heterocycles. The number of carbonyl (C=O) groups excluding carboxylic acids is 1. The van der Waals surface area contributed by atoms with E-state index in [0.29, 0.717) is 17.3 Å². The average molecular weight is 273 g/mol. The summed E-state index contributed by atoms with van der Waals surface area (Å²) in [5.74, 6) is 0.0342. The number of fused-ring (bicyclic) bond motifs is 1. The summed E-state index contributed by atoms with van der Waals surface area (Å²) in [6.07, 6.45) is 3.83. The van der Waals surface area contributed by atoms with Crippen LogP contribution in [0.4, 0.5) is 11.4 Å². The molecular formula is C16H23N3O. The Bertz CT molecular complexity index is 514. The first kappa shape index (κ1) is 13.4. The first-order chi connectivity index (χ1) is 9.65. The number of Topliss-reactive ketones (excluding diaryl/α,β-unsaturated/α-hetero) is 1. The maximum Gasteiger partial charge on any atom is 0.161 e. The second-order valence-electron chi connectivity index (χ2n) is 5.96. The van der Waals surface area contributed by atoms with Crippen LogP contribution in [0.15, 0.2) is 18.2 Å². The number of carbonyl (C=O) groups is 1. The molecule has 108 valence electrons. The van der Waals surface area contributed by atoms with Crippen molar-refractivity contribution < 1.29 is 4.79 Å². The summed E-state index contributed by atoms with van der Waals surface area (Å²) in [6, 6.07) is 6.55. The zero-order valence-electron chi connectivity index (χ0n) is 12.1. The van der Waals surface area contributed by atoms with Crippen molar-refractivity contribution in [3.63, 3.8) is 0 Å². The molecule has 20 heavy (non-hydrogen) atoms. The Morgan fingerprint density at radius 2 is 2.05 bits per heavy atom. The normalized spacial score (nSPS) is 23.4. The number of benzene rings is 1. The third kappa shape index (κ3) is 2.52. The van der Waals surface area contributed by atoms with Crippen LogP contribution in [0.2, 0.25) is 0 Å². The van der Waals surface area contributed by atoms with Gasteiger partial charge in [-0.1, -0.05) is 0 Å². The van der Waals surface area contributed by atoms with Crippen LogP contribution in [-0.2, 0) is 0 Å². The molecule has 1 atom stereocenters. The van der Waals surface area contributed by atoms with Crippen molar-refractivity contribution in [2.75, 3.05) is 36.8 Å². The van der Waals surface area contributed by atoms with Crippen molar-refractivity contribution in [1.29, 1.82) is 0 Å². The Morgan fingerprint density at radius 3 is 2.80 bits per heavy atom. The Balaban J connectivity index is 1.81. The number of ketones is 1. The van der Waals surface area contributed by atoms with Crippen LogP contribution in [0.25, 0.3) is 0 Å². The van der Waals surface area contributed by atoms with Crippen molar-refractivity contribution in [3.8, 4) is 0 Å². The van der Waals surface area contributed by atoms with Crippen molar-refractivity contribution >= 4 is 17.2 Å². The lowest BCUT2D eigenvalue weighted by atomic mass is 10.1. The summed E-state index contributed by atoms with van der Waals surface area (Å²) < 4.78 is 0. The number of nitrogens with two attached hydrogens (primary N) is 1. The Labute approximate surface area is 120 Å². The predicted molar refractivity (Wildman–Crippen MR) is 82.3 cm³/mol. The minimum absolute atomic E-state index is 0.0342. The third-order valence-corrected chi connectivity index (χ3v) is 4.58. The van der Waals surface area contributed by atoms with Crippen LogP contribution in [0.3, 0.4) is 0 Å². The van der Waals surface area contributed by atoms with E-state index in [4.69, 9.17) is 5.73 Å². The van der Waals surface area contributed by atoms with E-state index in [1.807, 2.05) is 18.2 Å². The number of anilines is 2. The summed E-state index contributed by atoms with van der Waals surface area (Å²) in [4.78, 5) is 16.5. The molecule has 3 rings (SSSR count). The molecule has 4 nitrogen and oxygen atoms in total.